The Morgan fingerprint density at radius 2 is 1.61 bits per heavy atom. The number of imidazole rings is 1. The quantitative estimate of drug-likeness (QED) is 0.610. The minimum absolute atomic E-state index is 0.0598. The number of benzene rings is 2. The van der Waals surface area contributed by atoms with Crippen LogP contribution in [-0.2, 0) is 23.0 Å². The molecule has 2 aliphatic heterocycles. The van der Waals surface area contributed by atoms with Crippen LogP contribution < -0.4 is 5.32 Å². The molecule has 0 saturated carbocycles. The van der Waals surface area contributed by atoms with Gasteiger partial charge in [0.2, 0.25) is 10.0 Å². The van der Waals surface area contributed by atoms with E-state index in [1.807, 2.05) is 24.3 Å². The van der Waals surface area contributed by atoms with Gasteiger partial charge in [0.1, 0.15) is 5.82 Å². The topological polar surface area (TPSA) is 84.3 Å². The molecule has 0 aliphatic carbocycles. The number of anilines is 1. The average Bonchev–Trinajstić information content (AvgIpc) is 3.29. The molecule has 0 unspecified atom stereocenters. The number of carbonyl (C=O) groups excluding carboxylic acids is 1. The summed E-state index contributed by atoms with van der Waals surface area (Å²) < 4.78 is 30.1. The van der Waals surface area contributed by atoms with Crippen LogP contribution in [0.4, 0.5) is 5.69 Å². The summed E-state index contributed by atoms with van der Waals surface area (Å²) in [6, 6.07) is 13.9. The zero-order chi connectivity index (χ0) is 22.8. The van der Waals surface area contributed by atoms with Gasteiger partial charge in [0.05, 0.1) is 16.2 Å². The number of hydrogen-bond acceptors (Lipinski definition) is 4. The second kappa shape index (κ2) is 9.11. The van der Waals surface area contributed by atoms with E-state index in [4.69, 9.17) is 4.98 Å². The molecule has 7 nitrogen and oxygen atoms in total. The molecule has 33 heavy (non-hydrogen) atoms. The minimum atomic E-state index is -3.71. The molecule has 1 N–H and O–H groups in total. The molecule has 1 fully saturated rings. The molecule has 0 atom stereocenters. The summed E-state index contributed by atoms with van der Waals surface area (Å²) in [6.45, 7) is 2.00. The summed E-state index contributed by atoms with van der Waals surface area (Å²) in [5.41, 5.74) is 2.69. The van der Waals surface area contributed by atoms with Gasteiger partial charge in [-0.1, -0.05) is 30.7 Å². The smallest absolute Gasteiger partial charge is 0.257 e. The van der Waals surface area contributed by atoms with Gasteiger partial charge >= 0.3 is 0 Å². The highest BCUT2D eigenvalue weighted by atomic mass is 32.2. The van der Waals surface area contributed by atoms with Crippen molar-refractivity contribution in [2.45, 2.75) is 50.0 Å². The van der Waals surface area contributed by atoms with E-state index in [-0.39, 0.29) is 10.5 Å². The normalized spacial score (nSPS) is 16.8. The van der Waals surface area contributed by atoms with Crippen molar-refractivity contribution in [3.05, 3.63) is 66.1 Å². The van der Waals surface area contributed by atoms with Crippen molar-refractivity contribution in [1.29, 1.82) is 0 Å². The van der Waals surface area contributed by atoms with Gasteiger partial charge in [0.15, 0.2) is 0 Å². The summed E-state index contributed by atoms with van der Waals surface area (Å²) in [7, 11) is -3.71. The van der Waals surface area contributed by atoms with E-state index in [1.165, 1.54) is 23.2 Å². The largest absolute Gasteiger partial charge is 0.334 e. The Balaban J connectivity index is 1.34. The van der Waals surface area contributed by atoms with Crippen LogP contribution in [0.15, 0.2) is 59.6 Å². The Hall–Kier alpha value is -2.97. The van der Waals surface area contributed by atoms with Gasteiger partial charge < -0.3 is 9.88 Å². The number of sulfonamides is 1. The Morgan fingerprint density at radius 3 is 2.36 bits per heavy atom. The van der Waals surface area contributed by atoms with Crippen LogP contribution in [0.2, 0.25) is 0 Å². The Morgan fingerprint density at radius 1 is 0.879 bits per heavy atom. The first-order chi connectivity index (χ1) is 16.0. The van der Waals surface area contributed by atoms with Gasteiger partial charge in [-0.3, -0.25) is 4.79 Å². The fourth-order valence-electron chi connectivity index (χ4n) is 4.60. The first kappa shape index (κ1) is 21.9. The molecule has 0 bridgehead atoms. The van der Waals surface area contributed by atoms with Gasteiger partial charge in [-0.05, 0) is 49.9 Å². The van der Waals surface area contributed by atoms with E-state index in [2.05, 4.69) is 16.1 Å². The molecule has 2 aromatic carbocycles. The SMILES string of the molecule is O=C(Nc1ccc(-c2cn3c(n2)CCCC3)cc1)c1ccccc1S(=O)(=O)N1CCCCC1. The number of fused-ring (bicyclic) bond motifs is 1. The predicted molar refractivity (Wildman–Crippen MR) is 128 cm³/mol. The highest BCUT2D eigenvalue weighted by molar-refractivity contribution is 7.89. The molecular formula is C25H28N4O3S. The molecule has 3 heterocycles. The highest BCUT2D eigenvalue weighted by Gasteiger charge is 2.29. The number of piperidine rings is 1. The van der Waals surface area contributed by atoms with Crippen LogP contribution in [-0.4, -0.2) is 41.3 Å². The molecule has 0 radical (unpaired) electrons. The molecule has 2 aliphatic rings. The van der Waals surface area contributed by atoms with Crippen molar-refractivity contribution in [1.82, 2.24) is 13.9 Å². The molecule has 172 valence electrons. The van der Waals surface area contributed by atoms with E-state index >= 15 is 0 Å². The number of amides is 1. The van der Waals surface area contributed by atoms with Crippen molar-refractivity contribution in [3.63, 3.8) is 0 Å². The first-order valence-electron chi connectivity index (χ1n) is 11.6. The van der Waals surface area contributed by atoms with Crippen molar-refractivity contribution in [2.24, 2.45) is 0 Å². The Kier molecular flexibility index (Phi) is 6.03. The van der Waals surface area contributed by atoms with Crippen LogP contribution in [0.3, 0.4) is 0 Å². The van der Waals surface area contributed by atoms with E-state index in [1.54, 1.807) is 18.2 Å². The standard InChI is InChI=1S/C25H28N4O3S/c30-25(21-8-2-3-9-23(21)33(31,32)29-16-5-1-6-17-29)26-20-13-11-19(12-14-20)22-18-28-15-7-4-10-24(28)27-22/h2-3,8-9,11-14,18H,1,4-7,10,15-17H2,(H,26,30). The molecule has 1 aromatic heterocycles. The van der Waals surface area contributed by atoms with Gasteiger partial charge in [-0.15, -0.1) is 0 Å². The third kappa shape index (κ3) is 4.45. The van der Waals surface area contributed by atoms with Crippen LogP contribution in [0.1, 0.15) is 48.3 Å². The van der Waals surface area contributed by atoms with E-state index in [0.717, 1.165) is 49.3 Å². The fraction of sp³-hybridized carbons (Fsp3) is 0.360. The van der Waals surface area contributed by atoms with Crippen molar-refractivity contribution in [2.75, 3.05) is 18.4 Å². The molecule has 1 saturated heterocycles. The summed E-state index contributed by atoms with van der Waals surface area (Å²) in [6.07, 6.45) is 8.18. The van der Waals surface area contributed by atoms with Crippen LogP contribution >= 0.6 is 0 Å². The molecule has 1 amide bonds. The van der Waals surface area contributed by atoms with Crippen LogP contribution in [0.5, 0.6) is 0 Å². The van der Waals surface area contributed by atoms with Crippen LogP contribution in [0.25, 0.3) is 11.3 Å². The average molecular weight is 465 g/mol. The van der Waals surface area contributed by atoms with E-state index in [0.29, 0.717) is 18.8 Å². The number of nitrogens with one attached hydrogen (secondary N) is 1. The van der Waals surface area contributed by atoms with E-state index in [9.17, 15) is 13.2 Å². The summed E-state index contributed by atoms with van der Waals surface area (Å²) in [5, 5.41) is 2.85. The number of aryl methyl sites for hydroxylation is 2. The Labute approximate surface area is 194 Å². The minimum Gasteiger partial charge on any atom is -0.334 e. The Bertz CT molecular complexity index is 1240. The lowest BCUT2D eigenvalue weighted by atomic mass is 10.1. The monoisotopic (exact) mass is 464 g/mol. The zero-order valence-electron chi connectivity index (χ0n) is 18.5. The van der Waals surface area contributed by atoms with Crippen molar-refractivity contribution < 1.29 is 13.2 Å². The maximum atomic E-state index is 13.2. The summed E-state index contributed by atoms with van der Waals surface area (Å²) >= 11 is 0. The third-order valence-electron chi connectivity index (χ3n) is 6.41. The van der Waals surface area contributed by atoms with Gasteiger partial charge in [0.25, 0.3) is 5.91 Å². The second-order valence-electron chi connectivity index (χ2n) is 8.69. The molecular weight excluding hydrogens is 436 g/mol. The first-order valence-corrected chi connectivity index (χ1v) is 13.0. The highest BCUT2D eigenvalue weighted by Crippen LogP contribution is 2.26. The number of carbonyl (C=O) groups is 1. The number of nitrogens with zero attached hydrogens (tertiary/aromatic N) is 3. The maximum Gasteiger partial charge on any atom is 0.257 e. The van der Waals surface area contributed by atoms with E-state index < -0.39 is 15.9 Å². The number of rotatable bonds is 5. The lowest BCUT2D eigenvalue weighted by molar-refractivity contribution is 0.102. The lowest BCUT2D eigenvalue weighted by Crippen LogP contribution is -2.36. The maximum absolute atomic E-state index is 13.2. The third-order valence-corrected chi connectivity index (χ3v) is 8.37. The molecule has 0 spiro atoms. The van der Waals surface area contributed by atoms with Gasteiger partial charge in [-0.2, -0.15) is 4.31 Å². The molecule has 3 aromatic rings. The van der Waals surface area contributed by atoms with Crippen molar-refractivity contribution in [3.8, 4) is 11.3 Å². The zero-order valence-corrected chi connectivity index (χ0v) is 19.4. The van der Waals surface area contributed by atoms with Crippen molar-refractivity contribution >= 4 is 21.6 Å². The number of aromatic nitrogens is 2. The molecule has 5 rings (SSSR count). The second-order valence-corrected chi connectivity index (χ2v) is 10.6. The predicted octanol–water partition coefficient (Wildman–Crippen LogP) is 4.31. The van der Waals surface area contributed by atoms with Gasteiger partial charge in [-0.25, -0.2) is 13.4 Å². The summed E-state index contributed by atoms with van der Waals surface area (Å²) in [5.74, 6) is 0.691. The van der Waals surface area contributed by atoms with Crippen LogP contribution in [0, 0.1) is 0 Å². The number of hydrogen-bond donors (Lipinski definition) is 1. The lowest BCUT2D eigenvalue weighted by Gasteiger charge is -2.26. The fourth-order valence-corrected chi connectivity index (χ4v) is 6.30. The molecule has 8 heteroatoms. The summed E-state index contributed by atoms with van der Waals surface area (Å²) in [4.78, 5) is 17.8. The van der Waals surface area contributed by atoms with Gasteiger partial charge in [0, 0.05) is 43.5 Å².